The lowest BCUT2D eigenvalue weighted by Gasteiger charge is -2.33. The number of ether oxygens (including phenoxy) is 1. The summed E-state index contributed by atoms with van der Waals surface area (Å²) >= 11 is 1.19. The third kappa shape index (κ3) is 3.58. The fraction of sp³-hybridized carbons (Fsp3) is 0.400. The molecule has 0 aliphatic carbocycles. The van der Waals surface area contributed by atoms with Gasteiger partial charge in [0.25, 0.3) is 10.0 Å². The van der Waals surface area contributed by atoms with Gasteiger partial charge in [-0.1, -0.05) is 24.3 Å². The molecule has 0 spiro atoms. The highest BCUT2D eigenvalue weighted by Crippen LogP contribution is 2.36. The Morgan fingerprint density at radius 2 is 1.83 bits per heavy atom. The van der Waals surface area contributed by atoms with E-state index in [1.807, 2.05) is 24.3 Å². The van der Waals surface area contributed by atoms with Crippen molar-refractivity contribution in [3.63, 3.8) is 0 Å². The third-order valence-electron chi connectivity index (χ3n) is 5.58. The fourth-order valence-corrected chi connectivity index (χ4v) is 6.67. The molecule has 1 aromatic carbocycles. The fourth-order valence-electron chi connectivity index (χ4n) is 4.06. The Labute approximate surface area is 173 Å². The second-order valence-electron chi connectivity index (χ2n) is 7.19. The van der Waals surface area contributed by atoms with Crippen LogP contribution in [0.25, 0.3) is 0 Å². The molecule has 4 rings (SSSR count). The molecule has 1 unspecified atom stereocenters. The summed E-state index contributed by atoms with van der Waals surface area (Å²) < 4.78 is 32.1. The molecule has 7 nitrogen and oxygen atoms in total. The molecule has 2 aliphatic rings. The number of hydrogen-bond donors (Lipinski definition) is 0. The highest BCUT2D eigenvalue weighted by atomic mass is 32.2. The number of nitrogens with zero attached hydrogens (tertiary/aromatic N) is 2. The van der Waals surface area contributed by atoms with Gasteiger partial charge in [0.2, 0.25) is 5.91 Å². The number of benzene rings is 1. The van der Waals surface area contributed by atoms with Crippen LogP contribution in [0.4, 0.5) is 5.69 Å². The molecule has 3 heterocycles. The Balaban J connectivity index is 1.51. The van der Waals surface area contributed by atoms with Crippen LogP contribution in [0.3, 0.4) is 0 Å². The van der Waals surface area contributed by atoms with E-state index in [1.54, 1.807) is 22.4 Å². The first kappa shape index (κ1) is 20.1. The van der Waals surface area contributed by atoms with Gasteiger partial charge in [-0.25, -0.2) is 13.2 Å². The van der Waals surface area contributed by atoms with Crippen LogP contribution in [0, 0.1) is 5.92 Å². The minimum absolute atomic E-state index is 0.140. The van der Waals surface area contributed by atoms with Crippen molar-refractivity contribution in [2.75, 3.05) is 25.1 Å². The Bertz CT molecular complexity index is 1010. The van der Waals surface area contributed by atoms with Gasteiger partial charge in [-0.05, 0) is 35.9 Å². The number of amides is 1. The van der Waals surface area contributed by atoms with Crippen LogP contribution in [0.2, 0.25) is 0 Å². The zero-order valence-electron chi connectivity index (χ0n) is 16.0. The number of methoxy groups -OCH3 is 1. The maximum atomic E-state index is 13.3. The van der Waals surface area contributed by atoms with E-state index >= 15 is 0 Å². The Morgan fingerprint density at radius 3 is 2.48 bits per heavy atom. The number of anilines is 1. The largest absolute Gasteiger partial charge is 0.467 e. The molecule has 1 fully saturated rings. The quantitative estimate of drug-likeness (QED) is 0.690. The predicted octanol–water partition coefficient (Wildman–Crippen LogP) is 2.28. The number of hydrogen-bond acceptors (Lipinski definition) is 6. The van der Waals surface area contributed by atoms with E-state index in [0.717, 1.165) is 11.3 Å². The van der Waals surface area contributed by atoms with E-state index in [1.165, 1.54) is 22.8 Å². The van der Waals surface area contributed by atoms with Crippen LogP contribution in [0.15, 0.2) is 46.0 Å². The summed E-state index contributed by atoms with van der Waals surface area (Å²) in [5.74, 6) is -0.908. The average molecular weight is 435 g/mol. The first-order valence-electron chi connectivity index (χ1n) is 9.46. The number of sulfonamides is 1. The molecule has 1 atom stereocenters. The first-order chi connectivity index (χ1) is 13.9. The average Bonchev–Trinajstić information content (AvgIpc) is 3.41. The van der Waals surface area contributed by atoms with Crippen molar-refractivity contribution in [2.45, 2.75) is 29.5 Å². The number of rotatable bonds is 4. The molecular formula is C20H22N2O5S2. The molecule has 9 heteroatoms. The van der Waals surface area contributed by atoms with Crippen molar-refractivity contribution in [3.05, 3.63) is 47.3 Å². The highest BCUT2D eigenvalue weighted by molar-refractivity contribution is 7.91. The molecule has 1 amide bonds. The molecule has 0 bridgehead atoms. The summed E-state index contributed by atoms with van der Waals surface area (Å²) in [6, 6.07) is 10.1. The lowest BCUT2D eigenvalue weighted by atomic mass is 9.96. The summed E-state index contributed by atoms with van der Waals surface area (Å²) in [7, 11) is -2.19. The van der Waals surface area contributed by atoms with E-state index in [9.17, 15) is 18.0 Å². The maximum absolute atomic E-state index is 13.3. The monoisotopic (exact) mass is 434 g/mol. The predicted molar refractivity (Wildman–Crippen MR) is 109 cm³/mol. The Hall–Kier alpha value is -2.23. The molecule has 1 aromatic heterocycles. The number of carbonyl (C=O) groups excluding carboxylic acids is 2. The van der Waals surface area contributed by atoms with Gasteiger partial charge in [0.05, 0.1) is 7.11 Å². The Kier molecular flexibility index (Phi) is 5.46. The van der Waals surface area contributed by atoms with Crippen molar-refractivity contribution >= 4 is 38.9 Å². The lowest BCUT2D eigenvalue weighted by molar-refractivity contribution is -0.143. The smallest absolute Gasteiger partial charge is 0.329 e. The van der Waals surface area contributed by atoms with Gasteiger partial charge in [-0.2, -0.15) is 4.31 Å². The standard InChI is InChI=1S/C20H22N2O5S2/c1-27-20(24)17-13-15-5-2-3-6-16(15)22(17)19(23)14-8-10-21(11-9-14)29(25,26)18-7-4-12-28-18/h2-7,12,14,17H,8-11,13H2,1H3. The molecule has 2 aromatic rings. The van der Waals surface area contributed by atoms with Crippen LogP contribution in [-0.4, -0.2) is 50.8 Å². The number of piperidine rings is 1. The summed E-state index contributed by atoms with van der Waals surface area (Å²) in [6.07, 6.45) is 1.28. The summed E-state index contributed by atoms with van der Waals surface area (Å²) in [4.78, 5) is 27.2. The van der Waals surface area contributed by atoms with Crippen LogP contribution in [-0.2, 0) is 30.8 Å². The van der Waals surface area contributed by atoms with Crippen molar-refractivity contribution in [1.29, 1.82) is 0 Å². The van der Waals surface area contributed by atoms with Crippen LogP contribution < -0.4 is 4.90 Å². The molecule has 0 N–H and O–H groups in total. The second kappa shape index (κ2) is 7.89. The molecular weight excluding hydrogens is 412 g/mol. The number of thiophene rings is 1. The second-order valence-corrected chi connectivity index (χ2v) is 10.3. The SMILES string of the molecule is COC(=O)C1Cc2ccccc2N1C(=O)C1CCN(S(=O)(=O)c2cccs2)CC1. The molecule has 1 saturated heterocycles. The lowest BCUT2D eigenvalue weighted by Crippen LogP contribution is -2.49. The zero-order valence-corrected chi connectivity index (χ0v) is 17.6. The van der Waals surface area contributed by atoms with E-state index < -0.39 is 22.0 Å². The normalized spacial score (nSPS) is 20.4. The molecule has 0 radical (unpaired) electrons. The van der Waals surface area contributed by atoms with Gasteiger partial charge in [0.15, 0.2) is 0 Å². The van der Waals surface area contributed by atoms with Crippen molar-refractivity contribution in [1.82, 2.24) is 4.31 Å². The van der Waals surface area contributed by atoms with Crippen molar-refractivity contribution in [3.8, 4) is 0 Å². The van der Waals surface area contributed by atoms with Crippen LogP contribution in [0.1, 0.15) is 18.4 Å². The van der Waals surface area contributed by atoms with Gasteiger partial charge >= 0.3 is 5.97 Å². The maximum Gasteiger partial charge on any atom is 0.329 e. The van der Waals surface area contributed by atoms with Gasteiger partial charge in [-0.3, -0.25) is 9.69 Å². The van der Waals surface area contributed by atoms with Gasteiger partial charge in [-0.15, -0.1) is 11.3 Å². The van der Waals surface area contributed by atoms with Crippen LogP contribution in [0.5, 0.6) is 0 Å². The van der Waals surface area contributed by atoms with E-state index in [0.29, 0.717) is 23.5 Å². The number of carbonyl (C=O) groups is 2. The molecule has 0 saturated carbocycles. The summed E-state index contributed by atoms with van der Waals surface area (Å²) in [6.45, 7) is 0.573. The highest BCUT2D eigenvalue weighted by Gasteiger charge is 2.42. The van der Waals surface area contributed by atoms with Crippen LogP contribution >= 0.6 is 11.3 Å². The first-order valence-corrected chi connectivity index (χ1v) is 11.8. The Morgan fingerprint density at radius 1 is 1.10 bits per heavy atom. The number of para-hydroxylation sites is 1. The molecule has 2 aliphatic heterocycles. The van der Waals surface area contributed by atoms with Gasteiger partial charge in [0.1, 0.15) is 10.3 Å². The minimum Gasteiger partial charge on any atom is -0.467 e. The number of fused-ring (bicyclic) bond motifs is 1. The third-order valence-corrected chi connectivity index (χ3v) is 8.85. The summed E-state index contributed by atoms with van der Waals surface area (Å²) in [5.41, 5.74) is 1.68. The topological polar surface area (TPSA) is 84.0 Å². The van der Waals surface area contributed by atoms with Gasteiger partial charge in [0, 0.05) is 31.1 Å². The minimum atomic E-state index is -3.51. The zero-order chi connectivity index (χ0) is 20.6. The van der Waals surface area contributed by atoms with E-state index in [-0.39, 0.29) is 24.9 Å². The molecule has 29 heavy (non-hydrogen) atoms. The van der Waals surface area contributed by atoms with Gasteiger partial charge < -0.3 is 4.74 Å². The van der Waals surface area contributed by atoms with E-state index in [2.05, 4.69) is 0 Å². The summed E-state index contributed by atoms with van der Waals surface area (Å²) in [5, 5.41) is 1.74. The number of esters is 1. The van der Waals surface area contributed by atoms with Crippen molar-refractivity contribution in [2.24, 2.45) is 5.92 Å². The molecule has 154 valence electrons. The van der Waals surface area contributed by atoms with E-state index in [4.69, 9.17) is 4.74 Å². The van der Waals surface area contributed by atoms with Crippen molar-refractivity contribution < 1.29 is 22.7 Å².